The van der Waals surface area contributed by atoms with Crippen molar-refractivity contribution in [2.24, 2.45) is 0 Å². The molecule has 0 aliphatic carbocycles. The van der Waals surface area contributed by atoms with Gasteiger partial charge in [-0.2, -0.15) is 0 Å². The third-order valence-electron chi connectivity index (χ3n) is 2.83. The van der Waals surface area contributed by atoms with Gasteiger partial charge in [-0.05, 0) is 24.6 Å². The van der Waals surface area contributed by atoms with Gasteiger partial charge in [-0.1, -0.05) is 23.7 Å². The lowest BCUT2D eigenvalue weighted by Gasteiger charge is -2.02. The highest BCUT2D eigenvalue weighted by Crippen LogP contribution is 2.31. The molecule has 0 spiro atoms. The lowest BCUT2D eigenvalue weighted by molar-refractivity contribution is 1.09. The zero-order valence-electron chi connectivity index (χ0n) is 9.74. The number of nitrogens with zero attached hydrogens (tertiary/aromatic N) is 2. The monoisotopic (exact) mass is 258 g/mol. The zero-order valence-corrected chi connectivity index (χ0v) is 10.5. The van der Waals surface area contributed by atoms with Crippen LogP contribution in [0.5, 0.6) is 0 Å². The molecular formula is C13H11ClN4. The van der Waals surface area contributed by atoms with Crippen LogP contribution in [0.1, 0.15) is 5.82 Å². The second kappa shape index (κ2) is 3.99. The molecule has 0 radical (unpaired) electrons. The molecule has 0 saturated heterocycles. The first-order chi connectivity index (χ1) is 8.65. The molecule has 1 aromatic carbocycles. The van der Waals surface area contributed by atoms with Gasteiger partial charge in [-0.15, -0.1) is 0 Å². The SMILES string of the molecule is Cc1nc(N)c2c(-c3ccc(Cl)cc3)c[nH]c2n1. The van der Waals surface area contributed by atoms with Crippen molar-refractivity contribution >= 4 is 28.5 Å². The van der Waals surface area contributed by atoms with Gasteiger partial charge in [0.2, 0.25) is 0 Å². The van der Waals surface area contributed by atoms with Crippen molar-refractivity contribution in [3.63, 3.8) is 0 Å². The number of aromatic nitrogens is 3. The summed E-state index contributed by atoms with van der Waals surface area (Å²) in [5.74, 6) is 1.15. The summed E-state index contributed by atoms with van der Waals surface area (Å²) in [6, 6.07) is 7.59. The van der Waals surface area contributed by atoms with E-state index in [-0.39, 0.29) is 0 Å². The van der Waals surface area contributed by atoms with E-state index >= 15 is 0 Å². The Morgan fingerprint density at radius 2 is 1.89 bits per heavy atom. The Balaban J connectivity index is 2.27. The van der Waals surface area contributed by atoms with E-state index in [1.54, 1.807) is 0 Å². The predicted molar refractivity (Wildman–Crippen MR) is 73.5 cm³/mol. The second-order valence-corrected chi connectivity index (χ2v) is 4.53. The molecule has 0 aliphatic heterocycles. The molecule has 3 N–H and O–H groups in total. The summed E-state index contributed by atoms with van der Waals surface area (Å²) in [4.78, 5) is 11.6. The van der Waals surface area contributed by atoms with Gasteiger partial charge in [0.15, 0.2) is 0 Å². The molecule has 5 heteroatoms. The summed E-state index contributed by atoms with van der Waals surface area (Å²) in [5.41, 5.74) is 8.74. The fourth-order valence-corrected chi connectivity index (χ4v) is 2.16. The number of anilines is 1. The Hall–Kier alpha value is -2.07. The number of halogens is 1. The zero-order chi connectivity index (χ0) is 12.7. The number of nitrogens with one attached hydrogen (secondary N) is 1. The van der Waals surface area contributed by atoms with Crippen LogP contribution < -0.4 is 5.73 Å². The summed E-state index contributed by atoms with van der Waals surface area (Å²) in [5, 5.41) is 1.56. The van der Waals surface area contributed by atoms with Crippen LogP contribution in [-0.4, -0.2) is 15.0 Å². The molecule has 0 amide bonds. The number of nitrogens with two attached hydrogens (primary N) is 1. The standard InChI is InChI=1S/C13H11ClN4/c1-7-17-12(15)11-10(6-16-13(11)18-7)8-2-4-9(14)5-3-8/h2-6H,1H3,(H3,15,16,17,18). The highest BCUT2D eigenvalue weighted by atomic mass is 35.5. The normalized spacial score (nSPS) is 11.0. The Morgan fingerprint density at radius 1 is 1.17 bits per heavy atom. The predicted octanol–water partition coefficient (Wildman–Crippen LogP) is 3.17. The van der Waals surface area contributed by atoms with E-state index < -0.39 is 0 Å². The number of hydrogen-bond acceptors (Lipinski definition) is 3. The van der Waals surface area contributed by atoms with Crippen LogP contribution in [0.25, 0.3) is 22.2 Å². The summed E-state index contributed by atoms with van der Waals surface area (Å²) < 4.78 is 0. The van der Waals surface area contributed by atoms with E-state index in [0.717, 1.165) is 22.2 Å². The van der Waals surface area contributed by atoms with E-state index in [1.807, 2.05) is 37.4 Å². The molecular weight excluding hydrogens is 248 g/mol. The maximum Gasteiger partial charge on any atom is 0.143 e. The van der Waals surface area contributed by atoms with Gasteiger partial charge < -0.3 is 10.7 Å². The van der Waals surface area contributed by atoms with E-state index in [1.165, 1.54) is 0 Å². The molecule has 4 nitrogen and oxygen atoms in total. The van der Waals surface area contributed by atoms with Gasteiger partial charge in [-0.25, -0.2) is 9.97 Å². The molecule has 90 valence electrons. The van der Waals surface area contributed by atoms with Crippen molar-refractivity contribution in [1.29, 1.82) is 0 Å². The first-order valence-corrected chi connectivity index (χ1v) is 5.90. The minimum atomic E-state index is 0.490. The molecule has 0 bridgehead atoms. The van der Waals surface area contributed by atoms with Crippen LogP contribution >= 0.6 is 11.6 Å². The van der Waals surface area contributed by atoms with Gasteiger partial charge in [0.25, 0.3) is 0 Å². The molecule has 2 heterocycles. The Morgan fingerprint density at radius 3 is 2.61 bits per heavy atom. The van der Waals surface area contributed by atoms with Crippen LogP contribution in [0.4, 0.5) is 5.82 Å². The number of benzene rings is 1. The molecule has 18 heavy (non-hydrogen) atoms. The lowest BCUT2D eigenvalue weighted by atomic mass is 10.1. The van der Waals surface area contributed by atoms with E-state index in [9.17, 15) is 0 Å². The maximum absolute atomic E-state index is 5.97. The van der Waals surface area contributed by atoms with E-state index in [4.69, 9.17) is 17.3 Å². The highest BCUT2D eigenvalue weighted by Gasteiger charge is 2.11. The van der Waals surface area contributed by atoms with E-state index in [2.05, 4.69) is 15.0 Å². The Kier molecular flexibility index (Phi) is 2.45. The van der Waals surface area contributed by atoms with Crippen molar-refractivity contribution in [2.75, 3.05) is 5.73 Å². The number of hydrogen-bond donors (Lipinski definition) is 2. The van der Waals surface area contributed by atoms with Crippen LogP contribution in [0.3, 0.4) is 0 Å². The van der Waals surface area contributed by atoms with Crippen LogP contribution in [-0.2, 0) is 0 Å². The van der Waals surface area contributed by atoms with Crippen LogP contribution in [0, 0.1) is 6.92 Å². The molecule has 3 aromatic rings. The topological polar surface area (TPSA) is 67.6 Å². The Labute approximate surface area is 109 Å². The first-order valence-electron chi connectivity index (χ1n) is 5.52. The summed E-state index contributed by atoms with van der Waals surface area (Å²) in [7, 11) is 0. The van der Waals surface area contributed by atoms with Crippen molar-refractivity contribution in [1.82, 2.24) is 15.0 Å². The number of rotatable bonds is 1. The highest BCUT2D eigenvalue weighted by molar-refractivity contribution is 6.30. The van der Waals surface area contributed by atoms with Crippen molar-refractivity contribution in [3.8, 4) is 11.1 Å². The number of nitrogen functional groups attached to an aromatic ring is 1. The fourth-order valence-electron chi connectivity index (χ4n) is 2.03. The number of fused-ring (bicyclic) bond motifs is 1. The summed E-state index contributed by atoms with van der Waals surface area (Å²) in [6.07, 6.45) is 1.89. The largest absolute Gasteiger partial charge is 0.383 e. The molecule has 0 fully saturated rings. The lowest BCUT2D eigenvalue weighted by Crippen LogP contribution is -1.96. The molecule has 0 saturated carbocycles. The summed E-state index contributed by atoms with van der Waals surface area (Å²) >= 11 is 5.89. The van der Waals surface area contributed by atoms with Gasteiger partial charge in [-0.3, -0.25) is 0 Å². The third-order valence-corrected chi connectivity index (χ3v) is 3.08. The molecule has 0 unspecified atom stereocenters. The minimum Gasteiger partial charge on any atom is -0.383 e. The number of H-pyrrole nitrogens is 1. The Bertz CT molecular complexity index is 716. The summed E-state index contributed by atoms with van der Waals surface area (Å²) in [6.45, 7) is 1.82. The third kappa shape index (κ3) is 1.71. The van der Waals surface area contributed by atoms with Gasteiger partial charge in [0.05, 0.1) is 5.39 Å². The average Bonchev–Trinajstić information content (AvgIpc) is 2.74. The molecule has 3 rings (SSSR count). The molecule has 0 atom stereocenters. The smallest absolute Gasteiger partial charge is 0.143 e. The molecule has 0 aliphatic rings. The van der Waals surface area contributed by atoms with Crippen LogP contribution in [0.2, 0.25) is 5.02 Å². The van der Waals surface area contributed by atoms with Crippen LogP contribution in [0.15, 0.2) is 30.5 Å². The minimum absolute atomic E-state index is 0.490. The van der Waals surface area contributed by atoms with Gasteiger partial charge >= 0.3 is 0 Å². The average molecular weight is 259 g/mol. The fraction of sp³-hybridized carbons (Fsp3) is 0.0769. The maximum atomic E-state index is 5.97. The first kappa shape index (κ1) is 11.0. The van der Waals surface area contributed by atoms with Crippen molar-refractivity contribution in [2.45, 2.75) is 6.92 Å². The van der Waals surface area contributed by atoms with Crippen molar-refractivity contribution < 1.29 is 0 Å². The second-order valence-electron chi connectivity index (χ2n) is 4.09. The quantitative estimate of drug-likeness (QED) is 0.704. The number of aryl methyl sites for hydroxylation is 1. The number of aromatic amines is 1. The van der Waals surface area contributed by atoms with E-state index in [0.29, 0.717) is 16.7 Å². The molecule has 2 aromatic heterocycles. The van der Waals surface area contributed by atoms with Crippen molar-refractivity contribution in [3.05, 3.63) is 41.3 Å². The van der Waals surface area contributed by atoms with Gasteiger partial charge in [0.1, 0.15) is 17.3 Å². The van der Waals surface area contributed by atoms with Gasteiger partial charge in [0, 0.05) is 16.8 Å².